The summed E-state index contributed by atoms with van der Waals surface area (Å²) in [6.07, 6.45) is 1.57. The summed E-state index contributed by atoms with van der Waals surface area (Å²) in [6.45, 7) is 0.927. The molecule has 1 aliphatic rings. The molecule has 1 aliphatic heterocycles. The first kappa shape index (κ1) is 7.79. The maximum absolute atomic E-state index is 8.11. The van der Waals surface area contributed by atoms with Gasteiger partial charge in [0, 0.05) is 28.5 Å². The van der Waals surface area contributed by atoms with Crippen LogP contribution in [-0.4, -0.2) is 36.2 Å². The molecular weight excluding hydrogens is 244 g/mol. The van der Waals surface area contributed by atoms with Gasteiger partial charge in [0.25, 0.3) is 0 Å². The lowest BCUT2D eigenvalue weighted by atomic mass is 10.2. The number of nitrogens with zero attached hydrogens (tertiary/aromatic N) is 2. The Morgan fingerprint density at radius 1 is 1.50 bits per heavy atom. The standard InChI is InChI=1S/C10H13BrN2O/c11-10-2-1-9(7-12-10)8-13-3-5-14-6-4-13/h1-2,7H,3-6,8H2/i8D2. The normalized spacial score (nSPS) is 21.5. The molecule has 0 radical (unpaired) electrons. The van der Waals surface area contributed by atoms with Gasteiger partial charge < -0.3 is 4.74 Å². The molecule has 0 N–H and O–H groups in total. The number of hydrogen-bond donors (Lipinski definition) is 0. The molecule has 3 nitrogen and oxygen atoms in total. The molecule has 0 amide bonds. The number of aromatic nitrogens is 1. The van der Waals surface area contributed by atoms with Crippen LogP contribution in [0.15, 0.2) is 22.9 Å². The third-order valence-electron chi connectivity index (χ3n) is 2.03. The van der Waals surface area contributed by atoms with E-state index in [9.17, 15) is 0 Å². The van der Waals surface area contributed by atoms with Gasteiger partial charge in [-0.05, 0) is 27.6 Å². The van der Waals surface area contributed by atoms with Gasteiger partial charge >= 0.3 is 0 Å². The van der Waals surface area contributed by atoms with Gasteiger partial charge in [-0.15, -0.1) is 0 Å². The SMILES string of the molecule is [2H]C([2H])(c1ccc(Br)nc1)N1CCOCC1. The number of rotatable bonds is 2. The van der Waals surface area contributed by atoms with Crippen molar-refractivity contribution < 1.29 is 7.48 Å². The van der Waals surface area contributed by atoms with Gasteiger partial charge in [-0.3, -0.25) is 4.90 Å². The van der Waals surface area contributed by atoms with E-state index < -0.39 is 6.50 Å². The van der Waals surface area contributed by atoms with Crippen molar-refractivity contribution in [3.63, 3.8) is 0 Å². The Labute approximate surface area is 95.0 Å². The molecular formula is C10H13BrN2O. The van der Waals surface area contributed by atoms with Gasteiger partial charge in [0.1, 0.15) is 4.60 Å². The molecule has 1 aromatic rings. The highest BCUT2D eigenvalue weighted by Crippen LogP contribution is 2.09. The molecule has 1 aromatic heterocycles. The number of halogens is 1. The van der Waals surface area contributed by atoms with Gasteiger partial charge in [0.05, 0.1) is 13.2 Å². The highest BCUT2D eigenvalue weighted by molar-refractivity contribution is 9.10. The molecule has 0 aromatic carbocycles. The van der Waals surface area contributed by atoms with E-state index in [0.717, 1.165) is 0 Å². The zero-order valence-electron chi connectivity index (χ0n) is 9.74. The number of morpholine rings is 1. The Balaban J connectivity index is 2.19. The number of ether oxygens (including phenoxy) is 1. The molecule has 0 aliphatic carbocycles. The van der Waals surface area contributed by atoms with Crippen LogP contribution in [0.4, 0.5) is 0 Å². The molecule has 1 saturated heterocycles. The zero-order chi connectivity index (χ0) is 11.6. The van der Waals surface area contributed by atoms with Gasteiger partial charge in [-0.1, -0.05) is 6.07 Å². The molecule has 76 valence electrons. The third-order valence-corrected chi connectivity index (χ3v) is 2.49. The van der Waals surface area contributed by atoms with E-state index in [0.29, 0.717) is 36.5 Å². The second kappa shape index (κ2) is 4.87. The molecule has 0 spiro atoms. The van der Waals surface area contributed by atoms with E-state index in [2.05, 4.69) is 20.9 Å². The number of hydrogen-bond acceptors (Lipinski definition) is 3. The highest BCUT2D eigenvalue weighted by Gasteiger charge is 2.10. The number of pyridine rings is 1. The molecule has 0 bridgehead atoms. The Morgan fingerprint density at radius 3 is 2.93 bits per heavy atom. The molecule has 4 heteroatoms. The van der Waals surface area contributed by atoms with Crippen LogP contribution >= 0.6 is 15.9 Å². The molecule has 14 heavy (non-hydrogen) atoms. The average Bonchev–Trinajstić information content (AvgIpc) is 2.31. The molecule has 0 saturated carbocycles. The second-order valence-corrected chi connectivity index (χ2v) is 3.89. The van der Waals surface area contributed by atoms with Crippen molar-refractivity contribution in [1.82, 2.24) is 9.88 Å². The molecule has 1 fully saturated rings. The van der Waals surface area contributed by atoms with Gasteiger partial charge in [0.15, 0.2) is 0 Å². The van der Waals surface area contributed by atoms with Crippen molar-refractivity contribution in [2.24, 2.45) is 0 Å². The second-order valence-electron chi connectivity index (χ2n) is 3.08. The fourth-order valence-corrected chi connectivity index (χ4v) is 1.53. The summed E-state index contributed by atoms with van der Waals surface area (Å²) in [6, 6.07) is 3.51. The van der Waals surface area contributed by atoms with E-state index in [1.807, 2.05) is 0 Å². The molecule has 0 atom stereocenters. The van der Waals surface area contributed by atoms with Crippen LogP contribution in [0.5, 0.6) is 0 Å². The van der Waals surface area contributed by atoms with Crippen LogP contribution in [-0.2, 0) is 11.2 Å². The van der Waals surface area contributed by atoms with E-state index in [4.69, 9.17) is 7.48 Å². The van der Waals surface area contributed by atoms with E-state index in [1.54, 1.807) is 23.2 Å². The van der Waals surface area contributed by atoms with Crippen LogP contribution in [0.25, 0.3) is 0 Å². The lowest BCUT2D eigenvalue weighted by Crippen LogP contribution is -2.35. The van der Waals surface area contributed by atoms with Crippen LogP contribution in [0.1, 0.15) is 8.30 Å². The third kappa shape index (κ3) is 2.77. The summed E-state index contributed by atoms with van der Waals surface area (Å²) in [5.41, 5.74) is 0.581. The molecule has 2 rings (SSSR count). The van der Waals surface area contributed by atoms with Gasteiger partial charge in [-0.2, -0.15) is 0 Å². The Hall–Kier alpha value is -0.450. The minimum atomic E-state index is -1.47. The van der Waals surface area contributed by atoms with Crippen molar-refractivity contribution in [3.05, 3.63) is 28.5 Å². The summed E-state index contributed by atoms with van der Waals surface area (Å²) in [5, 5.41) is 0. The first-order valence-corrected chi connectivity index (χ1v) is 5.35. The first-order valence-electron chi connectivity index (χ1n) is 5.55. The highest BCUT2D eigenvalue weighted by atomic mass is 79.9. The first-order chi connectivity index (χ1) is 7.60. The summed E-state index contributed by atoms with van der Waals surface area (Å²) in [4.78, 5) is 5.84. The minimum absolute atomic E-state index is 0.581. The van der Waals surface area contributed by atoms with E-state index >= 15 is 0 Å². The van der Waals surface area contributed by atoms with E-state index in [-0.39, 0.29) is 0 Å². The van der Waals surface area contributed by atoms with Crippen LogP contribution < -0.4 is 0 Å². The smallest absolute Gasteiger partial charge is 0.106 e. The topological polar surface area (TPSA) is 25.4 Å². The Kier molecular flexibility index (Phi) is 2.71. The largest absolute Gasteiger partial charge is 0.379 e. The predicted molar refractivity (Wildman–Crippen MR) is 58.0 cm³/mol. The lowest BCUT2D eigenvalue weighted by Gasteiger charge is -2.26. The minimum Gasteiger partial charge on any atom is -0.379 e. The average molecular weight is 259 g/mol. The van der Waals surface area contributed by atoms with Crippen molar-refractivity contribution >= 4 is 15.9 Å². The fraction of sp³-hybridized carbons (Fsp3) is 0.500. The maximum Gasteiger partial charge on any atom is 0.106 e. The quantitative estimate of drug-likeness (QED) is 0.755. The van der Waals surface area contributed by atoms with Gasteiger partial charge in [0.2, 0.25) is 0 Å². The molecule has 0 unspecified atom stereocenters. The maximum atomic E-state index is 8.11. The summed E-state index contributed by atoms with van der Waals surface area (Å²) in [7, 11) is 0. The van der Waals surface area contributed by atoms with Gasteiger partial charge in [-0.25, -0.2) is 4.98 Å². The molecule has 2 heterocycles. The fourth-order valence-electron chi connectivity index (χ4n) is 1.30. The van der Waals surface area contributed by atoms with Crippen molar-refractivity contribution in [1.29, 1.82) is 0 Å². The summed E-state index contributed by atoms with van der Waals surface area (Å²) in [5.74, 6) is 0. The lowest BCUT2D eigenvalue weighted by molar-refractivity contribution is 0.0341. The summed E-state index contributed by atoms with van der Waals surface area (Å²) < 4.78 is 22.2. The predicted octanol–water partition coefficient (Wildman–Crippen LogP) is 1.68. The van der Waals surface area contributed by atoms with Crippen LogP contribution in [0.3, 0.4) is 0 Å². The van der Waals surface area contributed by atoms with Crippen LogP contribution in [0, 0.1) is 0 Å². The van der Waals surface area contributed by atoms with Crippen molar-refractivity contribution in [2.45, 2.75) is 6.50 Å². The monoisotopic (exact) mass is 258 g/mol. The summed E-state index contributed by atoms with van der Waals surface area (Å²) >= 11 is 3.24. The van der Waals surface area contributed by atoms with E-state index in [1.165, 1.54) is 0 Å². The van der Waals surface area contributed by atoms with Crippen molar-refractivity contribution in [2.75, 3.05) is 26.3 Å². The van der Waals surface area contributed by atoms with Crippen LogP contribution in [0.2, 0.25) is 0 Å². The zero-order valence-corrected chi connectivity index (χ0v) is 9.33. The Bertz CT molecular complexity index is 352. The Morgan fingerprint density at radius 2 is 2.29 bits per heavy atom. The van der Waals surface area contributed by atoms with Crippen molar-refractivity contribution in [3.8, 4) is 0 Å².